The molecule has 4 rings (SSSR count). The first kappa shape index (κ1) is 26.0. The molecule has 0 aliphatic heterocycles. The average Bonchev–Trinajstić information content (AvgIpc) is 3.41. The Morgan fingerprint density at radius 3 is 2.25 bits per heavy atom. The van der Waals surface area contributed by atoms with Crippen LogP contribution < -0.4 is 0 Å². The largest absolute Gasteiger partial charge is 0.332 e. The maximum Gasteiger partial charge on any atom is 0.269 e. The number of benzene rings is 2. The molecule has 1 heterocycles. The lowest BCUT2D eigenvalue weighted by Crippen LogP contribution is -2.47. The number of amides is 1. The van der Waals surface area contributed by atoms with Crippen LogP contribution >= 0.6 is 11.3 Å². The van der Waals surface area contributed by atoms with Gasteiger partial charge < -0.3 is 4.90 Å². The van der Waals surface area contributed by atoms with Crippen molar-refractivity contribution in [2.75, 3.05) is 6.54 Å². The van der Waals surface area contributed by atoms with E-state index >= 15 is 0 Å². The van der Waals surface area contributed by atoms with Gasteiger partial charge >= 0.3 is 0 Å². The van der Waals surface area contributed by atoms with Crippen LogP contribution in [0.4, 0.5) is 5.69 Å². The summed E-state index contributed by atoms with van der Waals surface area (Å²) in [5.74, 6) is -0.275. The Hall–Kier alpha value is -3.08. The van der Waals surface area contributed by atoms with Crippen molar-refractivity contribution in [2.45, 2.75) is 56.1 Å². The zero-order valence-corrected chi connectivity index (χ0v) is 21.5. The van der Waals surface area contributed by atoms with Crippen LogP contribution in [0.15, 0.2) is 77.0 Å². The third kappa shape index (κ3) is 6.37. The molecule has 1 saturated carbocycles. The van der Waals surface area contributed by atoms with Crippen LogP contribution in [0.1, 0.15) is 42.5 Å². The van der Waals surface area contributed by atoms with Gasteiger partial charge in [0.15, 0.2) is 0 Å². The topological polar surface area (TPSA) is 101 Å². The molecule has 0 spiro atoms. The highest BCUT2D eigenvalue weighted by molar-refractivity contribution is 7.89. The van der Waals surface area contributed by atoms with Gasteiger partial charge in [-0.3, -0.25) is 14.9 Å². The minimum atomic E-state index is -4.04. The van der Waals surface area contributed by atoms with E-state index in [9.17, 15) is 23.3 Å². The molecule has 1 aliphatic carbocycles. The molecule has 1 amide bonds. The second-order valence-corrected chi connectivity index (χ2v) is 11.8. The summed E-state index contributed by atoms with van der Waals surface area (Å²) in [6.07, 6.45) is 4.20. The molecule has 1 aliphatic rings. The van der Waals surface area contributed by atoms with Crippen molar-refractivity contribution in [3.8, 4) is 0 Å². The minimum absolute atomic E-state index is 0.0423. The lowest BCUT2D eigenvalue weighted by molar-refractivity contribution is -0.384. The number of hydrogen-bond donors (Lipinski definition) is 0. The fraction of sp³-hybridized carbons (Fsp3) is 0.346. The first-order valence-corrected chi connectivity index (χ1v) is 14.3. The molecular formula is C26H29N3O5S2. The Morgan fingerprint density at radius 2 is 1.64 bits per heavy atom. The van der Waals surface area contributed by atoms with Crippen LogP contribution in [0.25, 0.3) is 0 Å². The first-order valence-electron chi connectivity index (χ1n) is 11.9. The average molecular weight is 528 g/mol. The predicted octanol–water partition coefficient (Wildman–Crippen LogP) is 5.21. The Labute approximate surface area is 215 Å². The Balaban J connectivity index is 1.62. The quantitative estimate of drug-likeness (QED) is 0.266. The summed E-state index contributed by atoms with van der Waals surface area (Å²) in [5.41, 5.74) is 0.782. The highest BCUT2D eigenvalue weighted by Gasteiger charge is 2.35. The molecule has 0 saturated heterocycles. The third-order valence-electron chi connectivity index (χ3n) is 6.42. The highest BCUT2D eigenvalue weighted by Crippen LogP contribution is 2.29. The number of nitro groups is 1. The van der Waals surface area contributed by atoms with E-state index in [2.05, 4.69) is 0 Å². The standard InChI is InChI=1S/C26H29N3O5S2/c30-26(27(19-24-12-7-17-35-24)18-21-8-3-1-4-9-21)20-28(22-10-5-2-6-11-22)36(33,34)25-15-13-23(14-16-25)29(31)32/h1,3-4,7-9,12-17,22H,2,5-6,10-11,18-20H2. The number of non-ortho nitro benzene ring substituents is 1. The summed E-state index contributed by atoms with van der Waals surface area (Å²) in [5, 5.41) is 13.0. The Kier molecular flexibility index (Phi) is 8.50. The zero-order chi connectivity index (χ0) is 25.5. The van der Waals surface area contributed by atoms with Gasteiger partial charge in [0.1, 0.15) is 0 Å². The van der Waals surface area contributed by atoms with Gasteiger partial charge in [-0.15, -0.1) is 11.3 Å². The Morgan fingerprint density at radius 1 is 0.944 bits per heavy atom. The van der Waals surface area contributed by atoms with Gasteiger partial charge in [0.25, 0.3) is 5.69 Å². The summed E-state index contributed by atoms with van der Waals surface area (Å²) >= 11 is 1.55. The van der Waals surface area contributed by atoms with Gasteiger partial charge in [0, 0.05) is 29.6 Å². The molecule has 1 aromatic heterocycles. The smallest absolute Gasteiger partial charge is 0.269 e. The minimum Gasteiger partial charge on any atom is -0.332 e. The number of nitrogens with zero attached hydrogens (tertiary/aromatic N) is 3. The number of nitro benzene ring substituents is 1. The second kappa shape index (κ2) is 11.8. The van der Waals surface area contributed by atoms with E-state index in [1.54, 1.807) is 16.2 Å². The molecule has 36 heavy (non-hydrogen) atoms. The summed E-state index contributed by atoms with van der Waals surface area (Å²) in [4.78, 5) is 26.8. The first-order chi connectivity index (χ1) is 17.3. The van der Waals surface area contributed by atoms with E-state index in [4.69, 9.17) is 0 Å². The number of carbonyl (C=O) groups is 1. The van der Waals surface area contributed by atoms with Crippen molar-refractivity contribution in [3.63, 3.8) is 0 Å². The monoisotopic (exact) mass is 527 g/mol. The highest BCUT2D eigenvalue weighted by atomic mass is 32.2. The predicted molar refractivity (Wildman–Crippen MR) is 139 cm³/mol. The number of hydrogen-bond acceptors (Lipinski definition) is 6. The van der Waals surface area contributed by atoms with Gasteiger partial charge in [-0.2, -0.15) is 4.31 Å². The van der Waals surface area contributed by atoms with E-state index in [0.717, 1.165) is 29.7 Å². The summed E-state index contributed by atoms with van der Waals surface area (Å²) in [6, 6.07) is 18.1. The third-order valence-corrected chi connectivity index (χ3v) is 9.20. The van der Waals surface area contributed by atoms with E-state index < -0.39 is 14.9 Å². The van der Waals surface area contributed by atoms with Crippen LogP contribution in [-0.4, -0.2) is 41.0 Å². The SMILES string of the molecule is O=C(CN(C1CCCCC1)S(=O)(=O)c1ccc([N+](=O)[O-])cc1)N(Cc1ccccc1)Cc1cccs1. The van der Waals surface area contributed by atoms with Crippen LogP contribution in [0.5, 0.6) is 0 Å². The summed E-state index contributed by atoms with van der Waals surface area (Å²) in [6.45, 7) is 0.483. The molecule has 0 bridgehead atoms. The molecule has 10 heteroatoms. The molecular weight excluding hydrogens is 498 g/mol. The fourth-order valence-corrected chi connectivity index (χ4v) is 6.87. The molecule has 2 aromatic carbocycles. The zero-order valence-electron chi connectivity index (χ0n) is 19.9. The van der Waals surface area contributed by atoms with Crippen molar-refractivity contribution in [1.82, 2.24) is 9.21 Å². The van der Waals surface area contributed by atoms with Crippen LogP contribution in [-0.2, 0) is 27.9 Å². The van der Waals surface area contributed by atoms with Crippen molar-refractivity contribution < 1.29 is 18.1 Å². The van der Waals surface area contributed by atoms with Crippen molar-refractivity contribution in [3.05, 3.63) is 92.7 Å². The van der Waals surface area contributed by atoms with Crippen LogP contribution in [0.2, 0.25) is 0 Å². The molecule has 0 unspecified atom stereocenters. The maximum atomic E-state index is 13.7. The molecule has 8 nitrogen and oxygen atoms in total. The van der Waals surface area contributed by atoms with Gasteiger partial charge in [0.2, 0.25) is 15.9 Å². The van der Waals surface area contributed by atoms with Crippen LogP contribution in [0, 0.1) is 10.1 Å². The number of carbonyl (C=O) groups excluding carboxylic acids is 1. The molecule has 0 atom stereocenters. The van der Waals surface area contributed by atoms with E-state index in [0.29, 0.717) is 25.9 Å². The van der Waals surface area contributed by atoms with E-state index in [1.165, 1.54) is 28.6 Å². The van der Waals surface area contributed by atoms with Crippen molar-refractivity contribution in [1.29, 1.82) is 0 Å². The molecule has 0 radical (unpaired) electrons. The number of rotatable bonds is 10. The van der Waals surface area contributed by atoms with Gasteiger partial charge in [-0.05, 0) is 42.0 Å². The second-order valence-electron chi connectivity index (χ2n) is 8.91. The van der Waals surface area contributed by atoms with Crippen molar-refractivity contribution in [2.24, 2.45) is 0 Å². The molecule has 1 fully saturated rings. The summed E-state index contributed by atoms with van der Waals surface area (Å²) in [7, 11) is -4.04. The van der Waals surface area contributed by atoms with Gasteiger partial charge in [-0.1, -0.05) is 55.7 Å². The lowest BCUT2D eigenvalue weighted by atomic mass is 9.95. The lowest BCUT2D eigenvalue weighted by Gasteiger charge is -2.34. The number of sulfonamides is 1. The molecule has 0 N–H and O–H groups in total. The normalized spacial score (nSPS) is 14.6. The van der Waals surface area contributed by atoms with E-state index in [1.807, 2.05) is 47.8 Å². The Bertz CT molecular complexity index is 1260. The maximum absolute atomic E-state index is 13.7. The fourth-order valence-electron chi connectivity index (χ4n) is 4.51. The van der Waals surface area contributed by atoms with E-state index in [-0.39, 0.29) is 29.1 Å². The van der Waals surface area contributed by atoms with Gasteiger partial charge in [-0.25, -0.2) is 8.42 Å². The van der Waals surface area contributed by atoms with Crippen molar-refractivity contribution >= 4 is 33.0 Å². The van der Waals surface area contributed by atoms with Gasteiger partial charge in [0.05, 0.1) is 22.9 Å². The summed E-state index contributed by atoms with van der Waals surface area (Å²) < 4.78 is 28.8. The van der Waals surface area contributed by atoms with Crippen LogP contribution in [0.3, 0.4) is 0 Å². The molecule has 190 valence electrons. The molecule has 3 aromatic rings. The number of thiophene rings is 1.